The molecule has 90 valence electrons. The van der Waals surface area contributed by atoms with Gasteiger partial charge in [-0.25, -0.2) is 4.98 Å². The molecule has 0 atom stereocenters. The van der Waals surface area contributed by atoms with Crippen LogP contribution in [0.4, 0.5) is 0 Å². The summed E-state index contributed by atoms with van der Waals surface area (Å²) in [6.45, 7) is 0. The number of halogens is 1. The lowest BCUT2D eigenvalue weighted by atomic mass is 10.2. The van der Waals surface area contributed by atoms with Gasteiger partial charge in [-0.05, 0) is 46.3 Å². The summed E-state index contributed by atoms with van der Waals surface area (Å²) in [5.41, 5.74) is 0.610. The van der Waals surface area contributed by atoms with Crippen LogP contribution in [0.5, 0.6) is 5.75 Å². The van der Waals surface area contributed by atoms with Crippen molar-refractivity contribution in [3.05, 3.63) is 46.6 Å². The van der Waals surface area contributed by atoms with Crippen LogP contribution in [0.2, 0.25) is 0 Å². The van der Waals surface area contributed by atoms with Gasteiger partial charge in [-0.15, -0.1) is 0 Å². The molecule has 1 heterocycles. The largest absolute Gasteiger partial charge is 0.497 e. The maximum atomic E-state index is 9.09. The number of pyridine rings is 1. The first-order valence-electron chi connectivity index (χ1n) is 5.11. The molecule has 0 aliphatic rings. The number of ether oxygens (including phenoxy) is 1. The predicted octanol–water partition coefficient (Wildman–Crippen LogP) is 3.88. The van der Waals surface area contributed by atoms with Crippen molar-refractivity contribution in [1.82, 2.24) is 4.98 Å². The third-order valence-electron chi connectivity index (χ3n) is 2.24. The van der Waals surface area contributed by atoms with Crippen LogP contribution in [-0.2, 0) is 0 Å². The van der Waals surface area contributed by atoms with Gasteiger partial charge in [0.15, 0.2) is 0 Å². The lowest BCUT2D eigenvalue weighted by Gasteiger charge is -2.07. The number of aromatic nitrogens is 1. The Balaban J connectivity index is 2.39. The maximum absolute atomic E-state index is 9.09. The van der Waals surface area contributed by atoms with Crippen molar-refractivity contribution in [2.45, 2.75) is 9.92 Å². The topological polar surface area (TPSA) is 45.9 Å². The van der Waals surface area contributed by atoms with Crippen LogP contribution in [0.1, 0.15) is 5.56 Å². The zero-order chi connectivity index (χ0) is 13.0. The smallest absolute Gasteiger partial charge is 0.120 e. The monoisotopic (exact) mass is 320 g/mol. The Kier molecular flexibility index (Phi) is 4.24. The van der Waals surface area contributed by atoms with E-state index in [0.717, 1.165) is 20.1 Å². The van der Waals surface area contributed by atoms with Crippen molar-refractivity contribution in [1.29, 1.82) is 5.26 Å². The van der Waals surface area contributed by atoms with Gasteiger partial charge in [-0.2, -0.15) is 5.26 Å². The van der Waals surface area contributed by atoms with Crippen molar-refractivity contribution in [2.24, 2.45) is 0 Å². The van der Waals surface area contributed by atoms with Gasteiger partial charge in [-0.3, -0.25) is 0 Å². The van der Waals surface area contributed by atoms with Gasteiger partial charge in [0.05, 0.1) is 17.1 Å². The molecule has 18 heavy (non-hydrogen) atoms. The lowest BCUT2D eigenvalue weighted by Crippen LogP contribution is -1.88. The van der Waals surface area contributed by atoms with E-state index in [0.29, 0.717) is 5.56 Å². The fourth-order valence-corrected chi connectivity index (χ4v) is 2.74. The Morgan fingerprint density at radius 1 is 1.39 bits per heavy atom. The minimum atomic E-state index is 0.610. The summed E-state index contributed by atoms with van der Waals surface area (Å²) in [5.74, 6) is 0.726. The minimum absolute atomic E-state index is 0.610. The van der Waals surface area contributed by atoms with Crippen molar-refractivity contribution in [2.75, 3.05) is 7.11 Å². The number of hydrogen-bond donors (Lipinski definition) is 0. The fraction of sp³-hybridized carbons (Fsp3) is 0.0769. The zero-order valence-electron chi connectivity index (χ0n) is 9.55. The zero-order valence-corrected chi connectivity index (χ0v) is 12.0. The van der Waals surface area contributed by atoms with Gasteiger partial charge in [0.1, 0.15) is 16.8 Å². The summed E-state index contributed by atoms with van der Waals surface area (Å²) in [7, 11) is 1.60. The summed E-state index contributed by atoms with van der Waals surface area (Å²) >= 11 is 4.87. The van der Waals surface area contributed by atoms with Gasteiger partial charge in [0.25, 0.3) is 0 Å². The molecule has 0 bridgehead atoms. The van der Waals surface area contributed by atoms with E-state index in [9.17, 15) is 0 Å². The molecule has 0 radical (unpaired) electrons. The average Bonchev–Trinajstić information content (AvgIpc) is 2.41. The SMILES string of the molecule is COc1ccc(C#N)c(Sc2ncccc2Br)c1. The summed E-state index contributed by atoms with van der Waals surface area (Å²) < 4.78 is 6.07. The fourth-order valence-electron chi connectivity index (χ4n) is 1.36. The highest BCUT2D eigenvalue weighted by atomic mass is 79.9. The highest BCUT2D eigenvalue weighted by molar-refractivity contribution is 9.10. The van der Waals surface area contributed by atoms with E-state index in [4.69, 9.17) is 10.00 Å². The number of methoxy groups -OCH3 is 1. The molecule has 0 aliphatic carbocycles. The van der Waals surface area contributed by atoms with Crippen LogP contribution >= 0.6 is 27.7 Å². The molecule has 0 aliphatic heterocycles. The lowest BCUT2D eigenvalue weighted by molar-refractivity contribution is 0.413. The van der Waals surface area contributed by atoms with Crippen LogP contribution in [0, 0.1) is 11.3 Å². The number of nitrogens with zero attached hydrogens (tertiary/aromatic N) is 2. The first kappa shape index (κ1) is 12.9. The van der Waals surface area contributed by atoms with Crippen molar-refractivity contribution >= 4 is 27.7 Å². The molecule has 0 saturated heterocycles. The summed E-state index contributed by atoms with van der Waals surface area (Å²) in [6, 6.07) is 11.3. The number of rotatable bonds is 3. The Bertz CT molecular complexity index is 610. The molecule has 1 aromatic heterocycles. The van der Waals surface area contributed by atoms with E-state index in [-0.39, 0.29) is 0 Å². The number of benzene rings is 1. The van der Waals surface area contributed by atoms with E-state index in [1.807, 2.05) is 18.2 Å². The van der Waals surface area contributed by atoms with Crippen molar-refractivity contribution < 1.29 is 4.74 Å². The molecule has 0 amide bonds. The molecule has 2 rings (SSSR count). The van der Waals surface area contributed by atoms with E-state index in [1.54, 1.807) is 25.4 Å². The molecule has 0 N–H and O–H groups in total. The van der Waals surface area contributed by atoms with Crippen LogP contribution in [0.15, 0.2) is 50.9 Å². The third kappa shape index (κ3) is 2.84. The standard InChI is InChI=1S/C13H9BrN2OS/c1-17-10-5-4-9(8-15)12(7-10)18-13-11(14)3-2-6-16-13/h2-7H,1H3. The Morgan fingerprint density at radius 3 is 2.89 bits per heavy atom. The van der Waals surface area contributed by atoms with Crippen molar-refractivity contribution in [3.63, 3.8) is 0 Å². The van der Waals surface area contributed by atoms with E-state index in [1.165, 1.54) is 11.8 Å². The van der Waals surface area contributed by atoms with Crippen LogP contribution in [0.3, 0.4) is 0 Å². The number of nitriles is 1. The second-order valence-corrected chi connectivity index (χ2v) is 5.25. The molecule has 2 aromatic rings. The van der Waals surface area contributed by atoms with Gasteiger partial charge < -0.3 is 4.74 Å². The molecule has 5 heteroatoms. The molecule has 0 spiro atoms. The Labute approximate surface area is 118 Å². The maximum Gasteiger partial charge on any atom is 0.120 e. The Morgan fingerprint density at radius 2 is 2.22 bits per heavy atom. The molecular formula is C13H9BrN2OS. The third-order valence-corrected chi connectivity index (χ3v) is 4.22. The summed E-state index contributed by atoms with van der Waals surface area (Å²) in [6.07, 6.45) is 1.72. The number of hydrogen-bond acceptors (Lipinski definition) is 4. The normalized spacial score (nSPS) is 9.83. The van der Waals surface area contributed by atoms with E-state index < -0.39 is 0 Å². The highest BCUT2D eigenvalue weighted by Gasteiger charge is 2.09. The Hall–Kier alpha value is -1.51. The van der Waals surface area contributed by atoms with Crippen LogP contribution < -0.4 is 4.74 Å². The molecular weight excluding hydrogens is 312 g/mol. The average molecular weight is 321 g/mol. The van der Waals surface area contributed by atoms with E-state index >= 15 is 0 Å². The summed E-state index contributed by atoms with van der Waals surface area (Å²) in [4.78, 5) is 5.10. The second-order valence-electron chi connectivity index (χ2n) is 3.37. The van der Waals surface area contributed by atoms with Gasteiger partial charge in [-0.1, -0.05) is 11.8 Å². The highest BCUT2D eigenvalue weighted by Crippen LogP contribution is 2.35. The van der Waals surface area contributed by atoms with Gasteiger partial charge in [0, 0.05) is 11.1 Å². The molecule has 0 fully saturated rings. The second kappa shape index (κ2) is 5.89. The minimum Gasteiger partial charge on any atom is -0.497 e. The molecule has 3 nitrogen and oxygen atoms in total. The van der Waals surface area contributed by atoms with Crippen molar-refractivity contribution in [3.8, 4) is 11.8 Å². The quantitative estimate of drug-likeness (QED) is 0.861. The first-order chi connectivity index (χ1) is 8.74. The van der Waals surface area contributed by atoms with Gasteiger partial charge in [0.2, 0.25) is 0 Å². The molecule has 1 aromatic carbocycles. The molecule has 0 saturated carbocycles. The van der Waals surface area contributed by atoms with Crippen LogP contribution in [-0.4, -0.2) is 12.1 Å². The van der Waals surface area contributed by atoms with Crippen LogP contribution in [0.25, 0.3) is 0 Å². The molecule has 0 unspecified atom stereocenters. The first-order valence-corrected chi connectivity index (χ1v) is 6.72. The summed E-state index contributed by atoms with van der Waals surface area (Å²) in [5, 5.41) is 9.91. The van der Waals surface area contributed by atoms with Gasteiger partial charge >= 0.3 is 0 Å². The predicted molar refractivity (Wildman–Crippen MR) is 73.8 cm³/mol. The van der Waals surface area contributed by atoms with E-state index in [2.05, 4.69) is 27.0 Å².